The molecular formula is C19H26N6O. The molecule has 1 aromatic heterocycles. The first-order chi connectivity index (χ1) is 12.6. The standard InChI is InChI=1S/C19H26N6O/c1-15(2)9-11-24-13-17(25-14-21-22-23-25)12-18(24)19(26)20-10-8-16-6-4-3-5-7-16/h3-7,9,14,17-18H,8,10-13H2,1-2H3,(H,20,26)/t17-,18-/m0/s1. The second-order valence-corrected chi connectivity index (χ2v) is 6.96. The number of hydrogen-bond donors (Lipinski definition) is 1. The molecule has 1 aliphatic heterocycles. The van der Waals surface area contributed by atoms with Crippen molar-refractivity contribution in [3.05, 3.63) is 53.9 Å². The summed E-state index contributed by atoms with van der Waals surface area (Å²) >= 11 is 0. The molecule has 26 heavy (non-hydrogen) atoms. The molecule has 3 rings (SSSR count). The maximum atomic E-state index is 12.8. The largest absolute Gasteiger partial charge is 0.354 e. The van der Waals surface area contributed by atoms with E-state index in [1.807, 2.05) is 18.2 Å². The number of nitrogens with one attached hydrogen (secondary N) is 1. The normalized spacial score (nSPS) is 20.1. The van der Waals surface area contributed by atoms with Crippen molar-refractivity contribution in [2.45, 2.75) is 38.8 Å². The van der Waals surface area contributed by atoms with Gasteiger partial charge in [0.1, 0.15) is 6.33 Å². The van der Waals surface area contributed by atoms with Gasteiger partial charge in [-0.15, -0.1) is 5.10 Å². The monoisotopic (exact) mass is 354 g/mol. The van der Waals surface area contributed by atoms with Crippen LogP contribution in [0.25, 0.3) is 0 Å². The summed E-state index contributed by atoms with van der Waals surface area (Å²) in [5.41, 5.74) is 2.48. The lowest BCUT2D eigenvalue weighted by molar-refractivity contribution is -0.125. The van der Waals surface area contributed by atoms with Crippen LogP contribution in [0.2, 0.25) is 0 Å². The van der Waals surface area contributed by atoms with Crippen molar-refractivity contribution in [3.63, 3.8) is 0 Å². The summed E-state index contributed by atoms with van der Waals surface area (Å²) in [6, 6.07) is 10.2. The molecule has 1 N–H and O–H groups in total. The maximum Gasteiger partial charge on any atom is 0.237 e. The molecule has 1 aromatic carbocycles. The molecule has 2 heterocycles. The highest BCUT2D eigenvalue weighted by molar-refractivity contribution is 5.82. The van der Waals surface area contributed by atoms with Crippen molar-refractivity contribution in [2.24, 2.45) is 0 Å². The number of tetrazole rings is 1. The summed E-state index contributed by atoms with van der Waals surface area (Å²) in [6.07, 6.45) is 5.34. The van der Waals surface area contributed by atoms with E-state index in [-0.39, 0.29) is 18.0 Å². The maximum absolute atomic E-state index is 12.8. The van der Waals surface area contributed by atoms with Crippen LogP contribution in [0.4, 0.5) is 0 Å². The lowest BCUT2D eigenvalue weighted by Gasteiger charge is -2.22. The fourth-order valence-corrected chi connectivity index (χ4v) is 3.27. The molecule has 0 unspecified atom stereocenters. The number of carbonyl (C=O) groups is 1. The Kier molecular flexibility index (Phi) is 6.12. The number of benzene rings is 1. The average Bonchev–Trinajstić information content (AvgIpc) is 3.30. The third kappa shape index (κ3) is 4.76. The smallest absolute Gasteiger partial charge is 0.237 e. The van der Waals surface area contributed by atoms with Crippen molar-refractivity contribution in [3.8, 4) is 0 Å². The molecule has 1 saturated heterocycles. The van der Waals surface area contributed by atoms with Crippen molar-refractivity contribution < 1.29 is 4.79 Å². The predicted octanol–water partition coefficient (Wildman–Crippen LogP) is 1.61. The van der Waals surface area contributed by atoms with Crippen LogP contribution in [0.15, 0.2) is 48.3 Å². The van der Waals surface area contributed by atoms with Crippen molar-refractivity contribution >= 4 is 5.91 Å². The van der Waals surface area contributed by atoms with E-state index in [1.165, 1.54) is 11.1 Å². The minimum atomic E-state index is -0.157. The first-order valence-electron chi connectivity index (χ1n) is 9.05. The zero-order chi connectivity index (χ0) is 18.4. The van der Waals surface area contributed by atoms with E-state index in [2.05, 4.69) is 57.8 Å². The topological polar surface area (TPSA) is 75.9 Å². The van der Waals surface area contributed by atoms with Crippen molar-refractivity contribution in [1.29, 1.82) is 0 Å². The number of amides is 1. The van der Waals surface area contributed by atoms with Gasteiger partial charge in [-0.25, -0.2) is 4.68 Å². The number of aromatic nitrogens is 4. The van der Waals surface area contributed by atoms with Gasteiger partial charge in [0.05, 0.1) is 12.1 Å². The number of nitrogens with zero attached hydrogens (tertiary/aromatic N) is 5. The Balaban J connectivity index is 1.60. The molecule has 138 valence electrons. The lowest BCUT2D eigenvalue weighted by atomic mass is 10.1. The SMILES string of the molecule is CC(C)=CCN1C[C@@H](n2cnnn2)C[C@H]1C(=O)NCCc1ccccc1. The number of hydrogen-bond acceptors (Lipinski definition) is 5. The Bertz CT molecular complexity index is 724. The highest BCUT2D eigenvalue weighted by Crippen LogP contribution is 2.26. The Morgan fingerprint density at radius 3 is 2.81 bits per heavy atom. The van der Waals surface area contributed by atoms with Crippen LogP contribution < -0.4 is 5.32 Å². The second kappa shape index (κ2) is 8.71. The summed E-state index contributed by atoms with van der Waals surface area (Å²) in [5, 5.41) is 14.5. The molecule has 1 aliphatic rings. The summed E-state index contributed by atoms with van der Waals surface area (Å²) in [6.45, 7) is 6.32. The van der Waals surface area contributed by atoms with Gasteiger partial charge < -0.3 is 5.32 Å². The van der Waals surface area contributed by atoms with Gasteiger partial charge in [-0.3, -0.25) is 9.69 Å². The van der Waals surface area contributed by atoms with E-state index in [9.17, 15) is 4.79 Å². The van der Waals surface area contributed by atoms with Gasteiger partial charge in [0, 0.05) is 19.6 Å². The molecule has 7 nitrogen and oxygen atoms in total. The van der Waals surface area contributed by atoms with Crippen molar-refractivity contribution in [1.82, 2.24) is 30.4 Å². The van der Waals surface area contributed by atoms with Gasteiger partial charge in [0.2, 0.25) is 5.91 Å². The van der Waals surface area contributed by atoms with E-state index in [4.69, 9.17) is 0 Å². The zero-order valence-corrected chi connectivity index (χ0v) is 15.4. The van der Waals surface area contributed by atoms with Crippen molar-refractivity contribution in [2.75, 3.05) is 19.6 Å². The van der Waals surface area contributed by atoms with Crippen LogP contribution in [-0.2, 0) is 11.2 Å². The van der Waals surface area contributed by atoms with Gasteiger partial charge in [-0.1, -0.05) is 42.0 Å². The summed E-state index contributed by atoms with van der Waals surface area (Å²) in [7, 11) is 0. The molecule has 0 spiro atoms. The molecule has 1 amide bonds. The van der Waals surface area contributed by atoms with E-state index >= 15 is 0 Å². The third-order valence-corrected chi connectivity index (χ3v) is 4.71. The number of allylic oxidation sites excluding steroid dienone is 1. The quantitative estimate of drug-likeness (QED) is 0.765. The Labute approximate surface area is 154 Å². The van der Waals surface area contributed by atoms with E-state index < -0.39 is 0 Å². The number of carbonyl (C=O) groups excluding carboxylic acids is 1. The third-order valence-electron chi connectivity index (χ3n) is 4.71. The Hall–Kier alpha value is -2.54. The summed E-state index contributed by atoms with van der Waals surface area (Å²) < 4.78 is 1.76. The molecule has 2 atom stereocenters. The number of rotatable bonds is 7. The fourth-order valence-electron chi connectivity index (χ4n) is 3.27. The molecule has 0 bridgehead atoms. The van der Waals surface area contributed by atoms with Crippen LogP contribution in [0.1, 0.15) is 31.9 Å². The van der Waals surface area contributed by atoms with Crippen LogP contribution in [-0.4, -0.2) is 56.7 Å². The summed E-state index contributed by atoms with van der Waals surface area (Å²) in [4.78, 5) is 15.0. The Morgan fingerprint density at radius 1 is 1.31 bits per heavy atom. The minimum Gasteiger partial charge on any atom is -0.354 e. The highest BCUT2D eigenvalue weighted by Gasteiger charge is 2.37. The van der Waals surface area contributed by atoms with E-state index in [1.54, 1.807) is 11.0 Å². The molecule has 7 heteroatoms. The van der Waals surface area contributed by atoms with Crippen LogP contribution in [0.5, 0.6) is 0 Å². The van der Waals surface area contributed by atoms with Gasteiger partial charge in [0.15, 0.2) is 0 Å². The first-order valence-corrected chi connectivity index (χ1v) is 9.05. The van der Waals surface area contributed by atoms with E-state index in [0.29, 0.717) is 6.54 Å². The molecule has 2 aromatic rings. The van der Waals surface area contributed by atoms with E-state index in [0.717, 1.165) is 25.9 Å². The molecule has 0 aliphatic carbocycles. The van der Waals surface area contributed by atoms with Gasteiger partial charge >= 0.3 is 0 Å². The zero-order valence-electron chi connectivity index (χ0n) is 15.4. The van der Waals surface area contributed by atoms with Gasteiger partial charge in [0.25, 0.3) is 0 Å². The van der Waals surface area contributed by atoms with Crippen LogP contribution >= 0.6 is 0 Å². The molecule has 0 radical (unpaired) electrons. The van der Waals surface area contributed by atoms with Crippen LogP contribution in [0, 0.1) is 0 Å². The molecule has 1 fully saturated rings. The predicted molar refractivity (Wildman–Crippen MR) is 99.4 cm³/mol. The summed E-state index contributed by atoms with van der Waals surface area (Å²) in [5.74, 6) is 0.0821. The second-order valence-electron chi connectivity index (χ2n) is 6.96. The minimum absolute atomic E-state index is 0.0821. The first kappa shape index (κ1) is 18.3. The fraction of sp³-hybridized carbons (Fsp3) is 0.474. The Morgan fingerprint density at radius 2 is 2.12 bits per heavy atom. The molecular weight excluding hydrogens is 328 g/mol. The average molecular weight is 354 g/mol. The van der Waals surface area contributed by atoms with Gasteiger partial charge in [-0.05, 0) is 42.7 Å². The lowest BCUT2D eigenvalue weighted by Crippen LogP contribution is -2.43. The highest BCUT2D eigenvalue weighted by atomic mass is 16.2. The molecule has 0 saturated carbocycles. The van der Waals surface area contributed by atoms with Crippen LogP contribution in [0.3, 0.4) is 0 Å². The number of likely N-dealkylation sites (tertiary alicyclic amines) is 1. The van der Waals surface area contributed by atoms with Gasteiger partial charge in [-0.2, -0.15) is 0 Å².